The summed E-state index contributed by atoms with van der Waals surface area (Å²) in [5.74, 6) is -1.98. The molecule has 2 N–H and O–H groups in total. The molecule has 0 aromatic carbocycles. The Labute approximate surface area is 249 Å². The SMILES string of the molecule is CCCCc1ccc(C(=O)N(CCCC)C2NC(=O)C(N(CCCC)C(=O)c3ccc(CCCC)cn3)NC2=O)nc1. The first-order valence-electron chi connectivity index (χ1n) is 15.5. The summed E-state index contributed by atoms with van der Waals surface area (Å²) >= 11 is 0. The van der Waals surface area contributed by atoms with Crippen LogP contribution in [0, 0.1) is 0 Å². The van der Waals surface area contributed by atoms with Gasteiger partial charge in [-0.2, -0.15) is 0 Å². The predicted molar refractivity (Wildman–Crippen MR) is 161 cm³/mol. The third-order valence-electron chi connectivity index (χ3n) is 7.43. The molecule has 0 bridgehead atoms. The number of hydrogen-bond acceptors (Lipinski definition) is 6. The summed E-state index contributed by atoms with van der Waals surface area (Å²) < 4.78 is 0. The minimum atomic E-state index is -1.21. The van der Waals surface area contributed by atoms with Gasteiger partial charge in [0.25, 0.3) is 23.6 Å². The number of pyridine rings is 2. The number of unbranched alkanes of at least 4 members (excludes halogenated alkanes) is 4. The quantitative estimate of drug-likeness (QED) is 0.307. The van der Waals surface area contributed by atoms with Crippen LogP contribution in [0.2, 0.25) is 0 Å². The molecule has 0 radical (unpaired) electrons. The highest BCUT2D eigenvalue weighted by molar-refractivity contribution is 6.03. The fraction of sp³-hybridized carbons (Fsp3) is 0.562. The number of carbonyl (C=O) groups excluding carboxylic acids is 4. The van der Waals surface area contributed by atoms with Gasteiger partial charge < -0.3 is 20.4 Å². The number of nitrogens with zero attached hydrogens (tertiary/aromatic N) is 4. The summed E-state index contributed by atoms with van der Waals surface area (Å²) in [4.78, 5) is 65.4. The number of carbonyl (C=O) groups is 4. The summed E-state index contributed by atoms with van der Waals surface area (Å²) in [7, 11) is 0. The van der Waals surface area contributed by atoms with Gasteiger partial charge in [-0.1, -0.05) is 65.5 Å². The molecule has 10 nitrogen and oxygen atoms in total. The molecule has 0 aliphatic carbocycles. The van der Waals surface area contributed by atoms with Crippen LogP contribution < -0.4 is 10.6 Å². The first-order chi connectivity index (χ1) is 20.3. The maximum Gasteiger partial charge on any atom is 0.274 e. The second kappa shape index (κ2) is 16.6. The van der Waals surface area contributed by atoms with Crippen LogP contribution in [-0.2, 0) is 22.4 Å². The molecule has 3 heterocycles. The van der Waals surface area contributed by atoms with E-state index in [1.165, 1.54) is 9.80 Å². The van der Waals surface area contributed by atoms with Crippen LogP contribution in [0.15, 0.2) is 36.7 Å². The van der Waals surface area contributed by atoms with E-state index in [4.69, 9.17) is 0 Å². The standard InChI is InChI=1S/C32H46N6O4/c1-5-9-13-23-15-17-25(33-21-23)31(41)37(19-11-7-3)27-29(39)36-28(30(40)35-27)38(20-12-8-4)32(42)26-18-16-24(22-34-26)14-10-6-2/h15-18,21-22,27-28H,5-14,19-20H2,1-4H3,(H,35,40)(H,36,39). The molecule has 0 spiro atoms. The Bertz CT molecular complexity index is 1090. The first-order valence-corrected chi connectivity index (χ1v) is 15.5. The molecular weight excluding hydrogens is 532 g/mol. The van der Waals surface area contributed by atoms with E-state index in [2.05, 4.69) is 34.4 Å². The average Bonchev–Trinajstić information content (AvgIpc) is 3.01. The second-order valence-corrected chi connectivity index (χ2v) is 10.8. The van der Waals surface area contributed by atoms with Crippen molar-refractivity contribution >= 4 is 23.6 Å². The van der Waals surface area contributed by atoms with Crippen LogP contribution in [0.4, 0.5) is 0 Å². The zero-order valence-corrected chi connectivity index (χ0v) is 25.5. The summed E-state index contributed by atoms with van der Waals surface area (Å²) in [5, 5.41) is 5.45. The third-order valence-corrected chi connectivity index (χ3v) is 7.43. The van der Waals surface area contributed by atoms with Crippen LogP contribution in [-0.4, -0.2) is 68.8 Å². The zero-order chi connectivity index (χ0) is 30.5. The minimum Gasteiger partial charge on any atom is -0.324 e. The molecule has 4 amide bonds. The Balaban J connectivity index is 1.79. The van der Waals surface area contributed by atoms with E-state index >= 15 is 0 Å². The summed E-state index contributed by atoms with van der Waals surface area (Å²) in [6, 6.07) is 7.10. The number of rotatable bonds is 16. The largest absolute Gasteiger partial charge is 0.324 e. The van der Waals surface area contributed by atoms with E-state index in [0.29, 0.717) is 12.8 Å². The van der Waals surface area contributed by atoms with Gasteiger partial charge >= 0.3 is 0 Å². The smallest absolute Gasteiger partial charge is 0.274 e. The summed E-state index contributed by atoms with van der Waals surface area (Å²) in [6.07, 6.45) is 9.78. The number of piperazine rings is 1. The Morgan fingerprint density at radius 3 is 1.33 bits per heavy atom. The zero-order valence-electron chi connectivity index (χ0n) is 25.5. The number of nitrogens with one attached hydrogen (secondary N) is 2. The van der Waals surface area contributed by atoms with Gasteiger partial charge in [0.2, 0.25) is 0 Å². The molecule has 42 heavy (non-hydrogen) atoms. The van der Waals surface area contributed by atoms with Gasteiger partial charge in [0, 0.05) is 25.5 Å². The highest BCUT2D eigenvalue weighted by Crippen LogP contribution is 2.16. The Morgan fingerprint density at radius 2 is 1.02 bits per heavy atom. The summed E-state index contributed by atoms with van der Waals surface area (Å²) in [5.41, 5.74) is 2.51. The predicted octanol–water partition coefficient (Wildman–Crippen LogP) is 4.24. The van der Waals surface area contributed by atoms with Crippen molar-refractivity contribution in [1.29, 1.82) is 0 Å². The molecular formula is C32H46N6O4. The topological polar surface area (TPSA) is 125 Å². The Kier molecular flexibility index (Phi) is 12.9. The van der Waals surface area contributed by atoms with Crippen LogP contribution in [0.1, 0.15) is 111 Å². The lowest BCUT2D eigenvalue weighted by molar-refractivity contribution is -0.144. The lowest BCUT2D eigenvalue weighted by Gasteiger charge is -2.40. The lowest BCUT2D eigenvalue weighted by atomic mass is 10.1. The van der Waals surface area contributed by atoms with Gasteiger partial charge in [-0.3, -0.25) is 29.1 Å². The molecule has 228 valence electrons. The van der Waals surface area contributed by atoms with Gasteiger partial charge in [-0.25, -0.2) is 0 Å². The van der Waals surface area contributed by atoms with Gasteiger partial charge in [0.1, 0.15) is 11.4 Å². The molecule has 2 aromatic heterocycles. The van der Waals surface area contributed by atoms with Crippen molar-refractivity contribution in [3.05, 3.63) is 59.2 Å². The first kappa shape index (κ1) is 32.7. The molecule has 2 atom stereocenters. The molecule has 3 rings (SSSR count). The number of aryl methyl sites for hydroxylation is 2. The minimum absolute atomic E-state index is 0.212. The van der Waals surface area contributed by atoms with E-state index in [1.54, 1.807) is 24.5 Å². The molecule has 1 saturated heterocycles. The third kappa shape index (κ3) is 8.59. The van der Waals surface area contributed by atoms with Crippen molar-refractivity contribution in [2.24, 2.45) is 0 Å². The van der Waals surface area contributed by atoms with E-state index < -0.39 is 36.0 Å². The van der Waals surface area contributed by atoms with Crippen molar-refractivity contribution in [3.8, 4) is 0 Å². The lowest BCUT2D eigenvalue weighted by Crippen LogP contribution is -2.72. The second-order valence-electron chi connectivity index (χ2n) is 10.8. The molecule has 0 saturated carbocycles. The molecule has 1 fully saturated rings. The van der Waals surface area contributed by atoms with Crippen LogP contribution in [0.5, 0.6) is 0 Å². The molecule has 10 heteroatoms. The molecule has 1 aliphatic rings. The van der Waals surface area contributed by atoms with Gasteiger partial charge in [0.15, 0.2) is 12.3 Å². The Hall–Kier alpha value is -3.82. The van der Waals surface area contributed by atoms with Gasteiger partial charge in [-0.05, 0) is 61.8 Å². The van der Waals surface area contributed by atoms with Crippen molar-refractivity contribution in [1.82, 2.24) is 30.4 Å². The van der Waals surface area contributed by atoms with E-state index in [1.807, 2.05) is 26.0 Å². The van der Waals surface area contributed by atoms with Crippen molar-refractivity contribution in [3.63, 3.8) is 0 Å². The Morgan fingerprint density at radius 1 is 0.643 bits per heavy atom. The van der Waals surface area contributed by atoms with Crippen molar-refractivity contribution < 1.29 is 19.2 Å². The van der Waals surface area contributed by atoms with Gasteiger partial charge in [0.05, 0.1) is 0 Å². The summed E-state index contributed by atoms with van der Waals surface area (Å²) in [6.45, 7) is 8.74. The number of hydrogen-bond donors (Lipinski definition) is 2. The van der Waals surface area contributed by atoms with Crippen molar-refractivity contribution in [2.45, 2.75) is 104 Å². The van der Waals surface area contributed by atoms with Crippen molar-refractivity contribution in [2.75, 3.05) is 13.1 Å². The van der Waals surface area contributed by atoms with Crippen LogP contribution >= 0.6 is 0 Å². The van der Waals surface area contributed by atoms with Crippen LogP contribution in [0.3, 0.4) is 0 Å². The maximum absolute atomic E-state index is 13.5. The highest BCUT2D eigenvalue weighted by atomic mass is 16.2. The molecule has 1 aliphatic heterocycles. The van der Waals surface area contributed by atoms with Crippen LogP contribution in [0.25, 0.3) is 0 Å². The fourth-order valence-corrected chi connectivity index (χ4v) is 4.80. The highest BCUT2D eigenvalue weighted by Gasteiger charge is 2.43. The maximum atomic E-state index is 13.5. The van der Waals surface area contributed by atoms with Gasteiger partial charge in [-0.15, -0.1) is 0 Å². The number of aromatic nitrogens is 2. The van der Waals surface area contributed by atoms with E-state index in [-0.39, 0.29) is 24.5 Å². The monoisotopic (exact) mass is 578 g/mol. The van der Waals surface area contributed by atoms with E-state index in [0.717, 1.165) is 62.5 Å². The van der Waals surface area contributed by atoms with E-state index in [9.17, 15) is 19.2 Å². The molecule has 2 unspecified atom stereocenters. The average molecular weight is 579 g/mol. The normalized spacial score (nSPS) is 16.5. The molecule has 2 aromatic rings. The number of amides is 4. The fourth-order valence-electron chi connectivity index (χ4n) is 4.80.